The molecule has 7 nitrogen and oxygen atoms in total. The van der Waals surface area contributed by atoms with Crippen molar-refractivity contribution in [1.82, 2.24) is 4.90 Å². The van der Waals surface area contributed by atoms with Crippen molar-refractivity contribution in [3.05, 3.63) is 65.2 Å². The van der Waals surface area contributed by atoms with Crippen molar-refractivity contribution < 1.29 is 32.6 Å². The van der Waals surface area contributed by atoms with Crippen molar-refractivity contribution in [2.75, 3.05) is 31.6 Å². The first-order chi connectivity index (χ1) is 14.7. The van der Waals surface area contributed by atoms with E-state index in [4.69, 9.17) is 10.5 Å². The first kappa shape index (κ1) is 22.7. The largest absolute Gasteiger partial charge is 0.416 e. The highest BCUT2D eigenvalue weighted by molar-refractivity contribution is 6.04. The smallest absolute Gasteiger partial charge is 0.394 e. The van der Waals surface area contributed by atoms with Crippen LogP contribution in [-0.2, 0) is 15.7 Å². The number of anilines is 1. The van der Waals surface area contributed by atoms with Gasteiger partial charge in [-0.05, 0) is 42.0 Å². The van der Waals surface area contributed by atoms with Gasteiger partial charge < -0.3 is 25.8 Å². The minimum absolute atomic E-state index is 0.0870. The molecule has 3 rings (SSSR count). The fourth-order valence-electron chi connectivity index (χ4n) is 3.42. The van der Waals surface area contributed by atoms with Crippen LogP contribution in [0.5, 0.6) is 0 Å². The van der Waals surface area contributed by atoms with Crippen LogP contribution in [0.1, 0.15) is 27.6 Å². The second-order valence-electron chi connectivity index (χ2n) is 7.01. The minimum Gasteiger partial charge on any atom is -0.394 e. The predicted octanol–water partition coefficient (Wildman–Crippen LogP) is 2.18. The van der Waals surface area contributed by atoms with Gasteiger partial charge in [0.1, 0.15) is 12.7 Å². The van der Waals surface area contributed by atoms with Gasteiger partial charge in [-0.2, -0.15) is 13.2 Å². The summed E-state index contributed by atoms with van der Waals surface area (Å²) in [4.78, 5) is 25.8. The van der Waals surface area contributed by atoms with Crippen LogP contribution < -0.4 is 11.1 Å². The summed E-state index contributed by atoms with van der Waals surface area (Å²) in [7, 11) is 0. The van der Waals surface area contributed by atoms with Crippen LogP contribution in [0.2, 0.25) is 0 Å². The van der Waals surface area contributed by atoms with E-state index in [2.05, 4.69) is 5.32 Å². The first-order valence-corrected chi connectivity index (χ1v) is 9.55. The predicted molar refractivity (Wildman–Crippen MR) is 106 cm³/mol. The van der Waals surface area contributed by atoms with E-state index in [9.17, 15) is 27.9 Å². The highest BCUT2D eigenvalue weighted by Crippen LogP contribution is 2.30. The van der Waals surface area contributed by atoms with Crippen LogP contribution in [0, 0.1) is 0 Å². The summed E-state index contributed by atoms with van der Waals surface area (Å²) in [6, 6.07) is 9.92. The summed E-state index contributed by atoms with van der Waals surface area (Å²) in [5.74, 6) is -0.801. The minimum atomic E-state index is -4.47. The number of carbonyl (C=O) groups excluding carboxylic acids is 2. The molecule has 166 valence electrons. The Morgan fingerprint density at radius 3 is 2.35 bits per heavy atom. The third-order valence-corrected chi connectivity index (χ3v) is 4.99. The first-order valence-electron chi connectivity index (χ1n) is 9.55. The van der Waals surface area contributed by atoms with Crippen molar-refractivity contribution in [2.24, 2.45) is 5.73 Å². The molecule has 0 saturated carbocycles. The van der Waals surface area contributed by atoms with Crippen LogP contribution in [0.15, 0.2) is 48.5 Å². The second kappa shape index (κ2) is 9.46. The number of hydrogen-bond donors (Lipinski definition) is 3. The molecule has 0 aliphatic carbocycles. The molecule has 0 aromatic heterocycles. The molecule has 1 aliphatic rings. The Morgan fingerprint density at radius 1 is 1.16 bits per heavy atom. The zero-order valence-corrected chi connectivity index (χ0v) is 16.4. The van der Waals surface area contributed by atoms with Crippen molar-refractivity contribution >= 4 is 17.5 Å². The Labute approximate surface area is 176 Å². The Balaban J connectivity index is 1.69. The topological polar surface area (TPSA) is 105 Å². The maximum atomic E-state index is 12.6. The molecule has 0 spiro atoms. The number of nitrogens with two attached hydrogens (primary N) is 1. The summed E-state index contributed by atoms with van der Waals surface area (Å²) in [5.41, 5.74) is 5.94. The monoisotopic (exact) mass is 437 g/mol. The summed E-state index contributed by atoms with van der Waals surface area (Å²) in [6.07, 6.45) is -5.03. The Bertz CT molecular complexity index is 917. The van der Waals surface area contributed by atoms with Crippen molar-refractivity contribution in [3.63, 3.8) is 0 Å². The molecule has 2 aromatic carbocycles. The number of ether oxygens (including phenoxy) is 1. The van der Waals surface area contributed by atoms with Gasteiger partial charge in [0.25, 0.3) is 5.91 Å². The fourth-order valence-corrected chi connectivity index (χ4v) is 3.42. The van der Waals surface area contributed by atoms with Crippen LogP contribution in [0.4, 0.5) is 18.9 Å². The standard InChI is InChI=1S/C21H22F3N3O4/c22-21(23,24)15-5-1-14(2-6-15)20(30)26-16-7-3-13(4-8-16)19-17(11-28)27(10-9-25)18(29)12-31-19/h1-8,17,19,28H,9-12,25H2,(H,26,30)/t17-,19-/m1/s1. The number of nitrogens with one attached hydrogen (secondary N) is 1. The lowest BCUT2D eigenvalue weighted by Gasteiger charge is -2.40. The van der Waals surface area contributed by atoms with E-state index in [0.717, 1.165) is 24.3 Å². The van der Waals surface area contributed by atoms with Crippen molar-refractivity contribution in [2.45, 2.75) is 18.3 Å². The highest BCUT2D eigenvalue weighted by atomic mass is 19.4. The molecule has 1 fully saturated rings. The van der Waals surface area contributed by atoms with Gasteiger partial charge in [-0.25, -0.2) is 0 Å². The van der Waals surface area contributed by atoms with Crippen LogP contribution >= 0.6 is 0 Å². The number of aliphatic hydroxyl groups is 1. The van der Waals surface area contributed by atoms with E-state index in [1.807, 2.05) is 0 Å². The van der Waals surface area contributed by atoms with Crippen LogP contribution in [0.25, 0.3) is 0 Å². The lowest BCUT2D eigenvalue weighted by atomic mass is 9.99. The average Bonchev–Trinajstić information content (AvgIpc) is 2.75. The molecule has 1 aliphatic heterocycles. The Morgan fingerprint density at radius 2 is 1.81 bits per heavy atom. The zero-order valence-electron chi connectivity index (χ0n) is 16.4. The lowest BCUT2D eigenvalue weighted by molar-refractivity contribution is -0.160. The van der Waals surface area contributed by atoms with E-state index in [1.165, 1.54) is 4.90 Å². The normalized spacial score (nSPS) is 19.4. The number of carbonyl (C=O) groups is 2. The van der Waals surface area contributed by atoms with Gasteiger partial charge >= 0.3 is 6.18 Å². The molecule has 31 heavy (non-hydrogen) atoms. The quantitative estimate of drug-likeness (QED) is 0.643. The third-order valence-electron chi connectivity index (χ3n) is 4.99. The molecule has 2 atom stereocenters. The molecule has 2 amide bonds. The fraction of sp³-hybridized carbons (Fsp3) is 0.333. The third kappa shape index (κ3) is 5.22. The number of aliphatic hydroxyl groups excluding tert-OH is 1. The number of halogens is 3. The summed E-state index contributed by atoms with van der Waals surface area (Å²) in [5, 5.41) is 12.4. The molecule has 4 N–H and O–H groups in total. The summed E-state index contributed by atoms with van der Waals surface area (Å²) < 4.78 is 43.6. The molecule has 2 aromatic rings. The molecule has 0 bridgehead atoms. The summed E-state index contributed by atoms with van der Waals surface area (Å²) >= 11 is 0. The van der Waals surface area contributed by atoms with Gasteiger partial charge in [-0.15, -0.1) is 0 Å². The van der Waals surface area contributed by atoms with E-state index >= 15 is 0 Å². The number of hydrogen-bond acceptors (Lipinski definition) is 5. The zero-order chi connectivity index (χ0) is 22.6. The number of benzene rings is 2. The van der Waals surface area contributed by atoms with Crippen molar-refractivity contribution in [1.29, 1.82) is 0 Å². The van der Waals surface area contributed by atoms with E-state index < -0.39 is 29.8 Å². The van der Waals surface area contributed by atoms with Gasteiger partial charge in [0, 0.05) is 24.3 Å². The van der Waals surface area contributed by atoms with E-state index in [1.54, 1.807) is 24.3 Å². The molecule has 1 saturated heterocycles. The molecular formula is C21H22F3N3O4. The van der Waals surface area contributed by atoms with Gasteiger partial charge in [-0.1, -0.05) is 12.1 Å². The number of nitrogens with zero attached hydrogens (tertiary/aromatic N) is 1. The Kier molecular flexibility index (Phi) is 6.94. The van der Waals surface area contributed by atoms with Crippen LogP contribution in [0.3, 0.4) is 0 Å². The number of rotatable bonds is 6. The lowest BCUT2D eigenvalue weighted by Crippen LogP contribution is -2.54. The Hall–Kier alpha value is -2.95. The van der Waals surface area contributed by atoms with E-state index in [-0.39, 0.29) is 31.2 Å². The van der Waals surface area contributed by atoms with E-state index in [0.29, 0.717) is 17.8 Å². The SMILES string of the molecule is NCCN1C(=O)CO[C@H](c2ccc(NC(=O)c3ccc(C(F)(F)F)cc3)cc2)[C@H]1CO. The molecule has 1 heterocycles. The molecule has 0 radical (unpaired) electrons. The number of amides is 2. The maximum Gasteiger partial charge on any atom is 0.416 e. The van der Waals surface area contributed by atoms with Gasteiger partial charge in [-0.3, -0.25) is 9.59 Å². The number of morpholine rings is 1. The van der Waals surface area contributed by atoms with Crippen LogP contribution in [-0.4, -0.2) is 54.2 Å². The second-order valence-corrected chi connectivity index (χ2v) is 7.01. The highest BCUT2D eigenvalue weighted by Gasteiger charge is 2.36. The summed E-state index contributed by atoms with van der Waals surface area (Å²) in [6.45, 7) is 0.117. The van der Waals surface area contributed by atoms with Crippen molar-refractivity contribution in [3.8, 4) is 0 Å². The molecule has 10 heteroatoms. The van der Waals surface area contributed by atoms with Gasteiger partial charge in [0.2, 0.25) is 5.91 Å². The molecule has 0 unspecified atom stereocenters. The molecular weight excluding hydrogens is 415 g/mol. The number of alkyl halides is 3. The van der Waals surface area contributed by atoms with Gasteiger partial charge in [0.15, 0.2) is 0 Å². The maximum absolute atomic E-state index is 12.6. The average molecular weight is 437 g/mol. The van der Waals surface area contributed by atoms with Gasteiger partial charge in [0.05, 0.1) is 18.2 Å².